The predicted octanol–water partition coefficient (Wildman–Crippen LogP) is 2.31. The summed E-state index contributed by atoms with van der Waals surface area (Å²) in [5, 5.41) is 4.45. The van der Waals surface area contributed by atoms with E-state index in [2.05, 4.69) is 53.0 Å². The van der Waals surface area contributed by atoms with Crippen LogP contribution in [0.1, 0.15) is 12.5 Å². The van der Waals surface area contributed by atoms with Crippen LogP contribution in [0.2, 0.25) is 0 Å². The van der Waals surface area contributed by atoms with Gasteiger partial charge in [-0.15, -0.1) is 6.42 Å². The Labute approximate surface area is 175 Å². The normalized spacial score (nSPS) is 11.1. The van der Waals surface area contributed by atoms with E-state index in [4.69, 9.17) is 21.1 Å². The minimum absolute atomic E-state index is 0.631. The van der Waals surface area contributed by atoms with Crippen molar-refractivity contribution < 1.29 is 4.74 Å². The van der Waals surface area contributed by atoms with E-state index in [1.165, 1.54) is 0 Å². The first-order valence-electron chi connectivity index (χ1n) is 10.0. The fourth-order valence-electron chi connectivity index (χ4n) is 3.07. The molecule has 0 unspecified atom stereocenters. The van der Waals surface area contributed by atoms with Gasteiger partial charge in [0.1, 0.15) is 11.6 Å². The molecule has 7 heteroatoms. The average molecular weight is 399 g/mol. The minimum atomic E-state index is 0.631. The number of methoxy groups -OCH3 is 1. The Kier molecular flexibility index (Phi) is 8.50. The largest absolute Gasteiger partial charge is 0.496 e. The van der Waals surface area contributed by atoms with Crippen molar-refractivity contribution in [3.63, 3.8) is 0 Å². The smallest absolute Gasteiger partial charge is 0.227 e. The fraction of sp³-hybridized carbons (Fsp3) is 0.545. The number of terminal acetylenes is 1. The summed E-state index contributed by atoms with van der Waals surface area (Å²) in [5.74, 6) is 5.08. The molecule has 0 saturated heterocycles. The topological polar surface area (TPSA) is 56.8 Å². The molecule has 1 heterocycles. The molecule has 2 aromatic rings. The van der Waals surface area contributed by atoms with Gasteiger partial charge in [-0.25, -0.2) is 4.98 Å². The summed E-state index contributed by atoms with van der Waals surface area (Å²) in [6.45, 7) is 8.98. The molecule has 0 atom stereocenters. The predicted molar refractivity (Wildman–Crippen MR) is 122 cm³/mol. The van der Waals surface area contributed by atoms with Crippen molar-refractivity contribution in [2.24, 2.45) is 0 Å². The number of likely N-dealkylation sites (N-methyl/N-ethyl adjacent to an activating group) is 3. The monoisotopic (exact) mass is 398 g/mol. The molecule has 0 bridgehead atoms. The molecule has 1 aromatic heterocycles. The van der Waals surface area contributed by atoms with Gasteiger partial charge in [-0.3, -0.25) is 4.90 Å². The van der Waals surface area contributed by atoms with E-state index in [0.29, 0.717) is 6.54 Å². The first-order valence-corrected chi connectivity index (χ1v) is 10.0. The number of hydrogen-bond donors (Lipinski definition) is 1. The van der Waals surface area contributed by atoms with Gasteiger partial charge in [-0.05, 0) is 52.7 Å². The van der Waals surface area contributed by atoms with Crippen LogP contribution in [-0.2, 0) is 0 Å². The van der Waals surface area contributed by atoms with Gasteiger partial charge in [0.05, 0.1) is 19.2 Å². The van der Waals surface area contributed by atoms with Crippen molar-refractivity contribution in [3.05, 3.63) is 17.7 Å². The molecule has 158 valence electrons. The summed E-state index contributed by atoms with van der Waals surface area (Å²) < 4.78 is 5.51. The van der Waals surface area contributed by atoms with E-state index in [1.54, 1.807) is 7.11 Å². The van der Waals surface area contributed by atoms with Crippen LogP contribution in [0.5, 0.6) is 5.75 Å². The molecule has 1 aromatic carbocycles. The molecule has 0 aliphatic heterocycles. The van der Waals surface area contributed by atoms with Crippen molar-refractivity contribution in [3.8, 4) is 18.1 Å². The van der Waals surface area contributed by atoms with Crippen LogP contribution in [-0.4, -0.2) is 87.3 Å². The lowest BCUT2D eigenvalue weighted by Gasteiger charge is -2.25. The maximum absolute atomic E-state index is 5.51. The summed E-state index contributed by atoms with van der Waals surface area (Å²) in [4.78, 5) is 16.2. The number of nitrogens with zero attached hydrogens (tertiary/aromatic N) is 5. The molecule has 0 radical (unpaired) electrons. The second kappa shape index (κ2) is 10.8. The number of benzene rings is 1. The lowest BCUT2D eigenvalue weighted by molar-refractivity contribution is 0.381. The van der Waals surface area contributed by atoms with Crippen molar-refractivity contribution in [1.29, 1.82) is 0 Å². The molecular weight excluding hydrogens is 364 g/mol. The standard InChI is InChI=1S/C22H34N6O/c1-8-11-27(6)13-14-28(9-2)22-24-19-15-17(3)20(29-7)16-18(19)21(25-22)23-10-12-26(4)5/h1,15-16H,9-14H2,2-7H3,(H,23,24,25). The summed E-state index contributed by atoms with van der Waals surface area (Å²) in [7, 11) is 7.83. The number of hydrogen-bond acceptors (Lipinski definition) is 7. The van der Waals surface area contributed by atoms with Gasteiger partial charge in [0.15, 0.2) is 0 Å². The van der Waals surface area contributed by atoms with Crippen LogP contribution < -0.4 is 15.0 Å². The zero-order valence-electron chi connectivity index (χ0n) is 18.6. The molecule has 0 spiro atoms. The quantitative estimate of drug-likeness (QED) is 0.583. The van der Waals surface area contributed by atoms with Crippen LogP contribution in [0.15, 0.2) is 12.1 Å². The van der Waals surface area contributed by atoms with Gasteiger partial charge < -0.3 is 19.9 Å². The van der Waals surface area contributed by atoms with Crippen molar-refractivity contribution >= 4 is 22.7 Å². The van der Waals surface area contributed by atoms with E-state index >= 15 is 0 Å². The summed E-state index contributed by atoms with van der Waals surface area (Å²) >= 11 is 0. The van der Waals surface area contributed by atoms with Crippen LogP contribution in [0.3, 0.4) is 0 Å². The highest BCUT2D eigenvalue weighted by Gasteiger charge is 2.15. The minimum Gasteiger partial charge on any atom is -0.496 e. The Balaban J connectivity index is 2.39. The molecule has 0 aliphatic rings. The molecule has 0 amide bonds. The molecule has 0 fully saturated rings. The lowest BCUT2D eigenvalue weighted by Crippen LogP contribution is -2.34. The number of aromatic nitrogens is 2. The van der Waals surface area contributed by atoms with Crippen molar-refractivity contribution in [1.82, 2.24) is 19.8 Å². The highest BCUT2D eigenvalue weighted by atomic mass is 16.5. The van der Waals surface area contributed by atoms with Crippen LogP contribution in [0.25, 0.3) is 10.9 Å². The van der Waals surface area contributed by atoms with Gasteiger partial charge in [-0.1, -0.05) is 5.92 Å². The average Bonchev–Trinajstić information content (AvgIpc) is 2.67. The number of nitrogens with one attached hydrogen (secondary N) is 1. The number of ether oxygens (including phenoxy) is 1. The highest BCUT2D eigenvalue weighted by Crippen LogP contribution is 2.30. The van der Waals surface area contributed by atoms with E-state index in [9.17, 15) is 0 Å². The fourth-order valence-corrected chi connectivity index (χ4v) is 3.07. The van der Waals surface area contributed by atoms with Crippen LogP contribution in [0, 0.1) is 19.3 Å². The number of aryl methyl sites for hydroxylation is 1. The Bertz CT molecular complexity index is 845. The molecule has 29 heavy (non-hydrogen) atoms. The summed E-state index contributed by atoms with van der Waals surface area (Å²) in [5.41, 5.74) is 1.97. The zero-order chi connectivity index (χ0) is 21.4. The van der Waals surface area contributed by atoms with Crippen LogP contribution >= 0.6 is 0 Å². The Hall–Kier alpha value is -2.56. The maximum atomic E-state index is 5.51. The Morgan fingerprint density at radius 2 is 1.90 bits per heavy atom. The highest BCUT2D eigenvalue weighted by molar-refractivity contribution is 5.92. The van der Waals surface area contributed by atoms with Gasteiger partial charge in [-0.2, -0.15) is 4.98 Å². The molecule has 1 N–H and O–H groups in total. The molecule has 0 saturated carbocycles. The molecule has 0 aliphatic carbocycles. The zero-order valence-corrected chi connectivity index (χ0v) is 18.6. The van der Waals surface area contributed by atoms with Gasteiger partial charge >= 0.3 is 0 Å². The molecular formula is C22H34N6O. The van der Waals surface area contributed by atoms with E-state index in [-0.39, 0.29) is 0 Å². The Morgan fingerprint density at radius 3 is 2.52 bits per heavy atom. The van der Waals surface area contributed by atoms with Gasteiger partial charge in [0.25, 0.3) is 0 Å². The van der Waals surface area contributed by atoms with Gasteiger partial charge in [0.2, 0.25) is 5.95 Å². The number of fused-ring (bicyclic) bond motifs is 1. The summed E-state index contributed by atoms with van der Waals surface area (Å²) in [6.07, 6.45) is 5.42. The third-order valence-corrected chi connectivity index (χ3v) is 4.83. The number of rotatable bonds is 11. The first-order chi connectivity index (χ1) is 13.9. The summed E-state index contributed by atoms with van der Waals surface area (Å²) in [6, 6.07) is 4.08. The van der Waals surface area contributed by atoms with E-state index in [1.807, 2.05) is 20.0 Å². The van der Waals surface area contributed by atoms with E-state index in [0.717, 1.165) is 66.7 Å². The third kappa shape index (κ3) is 6.21. The SMILES string of the molecule is C#CCN(C)CCN(CC)c1nc(NCCN(C)C)c2cc(OC)c(C)cc2n1. The second-order valence-corrected chi connectivity index (χ2v) is 7.46. The number of anilines is 2. The molecule has 7 nitrogen and oxygen atoms in total. The maximum Gasteiger partial charge on any atom is 0.227 e. The lowest BCUT2D eigenvalue weighted by atomic mass is 10.1. The third-order valence-electron chi connectivity index (χ3n) is 4.83. The Morgan fingerprint density at radius 1 is 1.14 bits per heavy atom. The van der Waals surface area contributed by atoms with Crippen LogP contribution in [0.4, 0.5) is 11.8 Å². The van der Waals surface area contributed by atoms with Gasteiger partial charge in [0, 0.05) is 38.1 Å². The van der Waals surface area contributed by atoms with E-state index < -0.39 is 0 Å². The first kappa shape index (κ1) is 22.7. The molecule has 2 rings (SSSR count). The van der Waals surface area contributed by atoms with Crippen molar-refractivity contribution in [2.75, 3.05) is 77.7 Å². The van der Waals surface area contributed by atoms with Crippen molar-refractivity contribution in [2.45, 2.75) is 13.8 Å². The second-order valence-electron chi connectivity index (χ2n) is 7.46.